The molecule has 1 aromatic heterocycles. The monoisotopic (exact) mass is 367 g/mol. The lowest BCUT2D eigenvalue weighted by molar-refractivity contribution is 0.803. The van der Waals surface area contributed by atoms with Crippen molar-refractivity contribution in [2.24, 2.45) is 0 Å². The van der Waals surface area contributed by atoms with Crippen molar-refractivity contribution in [3.8, 4) is 5.69 Å². The molecule has 0 spiro atoms. The summed E-state index contributed by atoms with van der Waals surface area (Å²) in [6, 6.07) is 2.99. The van der Waals surface area contributed by atoms with Gasteiger partial charge in [-0.15, -0.1) is 0 Å². The molecule has 0 radical (unpaired) electrons. The van der Waals surface area contributed by atoms with E-state index in [0.29, 0.717) is 5.69 Å². The van der Waals surface area contributed by atoms with Crippen LogP contribution in [0.5, 0.6) is 0 Å². The van der Waals surface area contributed by atoms with E-state index in [-0.39, 0.29) is 25.2 Å². The van der Waals surface area contributed by atoms with Gasteiger partial charge in [-0.1, -0.05) is 34.8 Å². The summed E-state index contributed by atoms with van der Waals surface area (Å²) < 4.78 is 1.34. The lowest BCUT2D eigenvalue weighted by Crippen LogP contribution is -2.22. The molecule has 1 heterocycles. The Kier molecular flexibility index (Phi) is 3.87. The molecule has 94 valence electrons. The van der Waals surface area contributed by atoms with E-state index >= 15 is 0 Å². The molecule has 0 saturated carbocycles. The fraction of sp³-hybridized carbons (Fsp3) is 0. The summed E-state index contributed by atoms with van der Waals surface area (Å²) in [5.41, 5.74) is 5.80. The molecular weight excluding hydrogens is 364 g/mol. The maximum atomic E-state index is 12.0. The number of halogens is 4. The van der Waals surface area contributed by atoms with Crippen LogP contribution in [0.3, 0.4) is 0 Å². The molecule has 8 heteroatoms. The number of hydrogen-bond donors (Lipinski definition) is 1. The normalized spacial score (nSPS) is 10.7. The molecule has 0 atom stereocenters. The van der Waals surface area contributed by atoms with Gasteiger partial charge in [0.05, 0.1) is 32.6 Å². The summed E-state index contributed by atoms with van der Waals surface area (Å²) in [7, 11) is 0. The summed E-state index contributed by atoms with van der Waals surface area (Å²) in [5, 5.41) is 4.61. The van der Waals surface area contributed by atoms with Gasteiger partial charge in [0.25, 0.3) is 5.56 Å². The minimum atomic E-state index is -0.413. The average molecular weight is 369 g/mol. The van der Waals surface area contributed by atoms with E-state index in [1.807, 2.05) is 0 Å². The maximum Gasteiger partial charge on any atom is 0.287 e. The van der Waals surface area contributed by atoms with E-state index in [0.717, 1.165) is 4.68 Å². The first kappa shape index (κ1) is 13.7. The topological polar surface area (TPSA) is 60.9 Å². The Morgan fingerprint density at radius 1 is 1.22 bits per heavy atom. The molecule has 0 unspecified atom stereocenters. The predicted molar refractivity (Wildman–Crippen MR) is 77.0 cm³/mol. The highest BCUT2D eigenvalue weighted by molar-refractivity contribution is 9.10. The first-order chi connectivity index (χ1) is 8.41. The second kappa shape index (κ2) is 5.09. The fourth-order valence-corrected chi connectivity index (χ4v) is 2.15. The summed E-state index contributed by atoms with van der Waals surface area (Å²) in [5.74, 6) is 0. The van der Waals surface area contributed by atoms with Gasteiger partial charge in [-0.3, -0.25) is 4.79 Å². The minimum Gasteiger partial charge on any atom is -0.396 e. The first-order valence-electron chi connectivity index (χ1n) is 4.60. The zero-order valence-corrected chi connectivity index (χ0v) is 12.5. The van der Waals surface area contributed by atoms with Crippen LogP contribution in [0.25, 0.3) is 5.69 Å². The number of nitrogens with zero attached hydrogens (tertiary/aromatic N) is 2. The SMILES string of the molecule is Nc1cnn(-c2cc(Cl)c(Cl)c(Cl)c2)c(=O)c1Br. The Hall–Kier alpha value is -0.750. The summed E-state index contributed by atoms with van der Waals surface area (Å²) in [6.45, 7) is 0. The third kappa shape index (κ3) is 2.36. The highest BCUT2D eigenvalue weighted by Crippen LogP contribution is 2.32. The molecule has 0 fully saturated rings. The van der Waals surface area contributed by atoms with E-state index in [2.05, 4.69) is 21.0 Å². The Labute approximate surface area is 125 Å². The number of nitrogen functional groups attached to an aromatic ring is 1. The Bertz CT molecular complexity index is 664. The van der Waals surface area contributed by atoms with Crippen molar-refractivity contribution in [3.63, 3.8) is 0 Å². The zero-order chi connectivity index (χ0) is 13.4. The second-order valence-corrected chi connectivity index (χ2v) is 5.34. The van der Waals surface area contributed by atoms with Crippen LogP contribution in [-0.2, 0) is 0 Å². The van der Waals surface area contributed by atoms with Gasteiger partial charge in [-0.2, -0.15) is 9.78 Å². The molecule has 0 saturated heterocycles. The van der Waals surface area contributed by atoms with Crippen LogP contribution in [0.1, 0.15) is 0 Å². The summed E-state index contributed by atoms with van der Waals surface area (Å²) in [6.07, 6.45) is 1.35. The summed E-state index contributed by atoms with van der Waals surface area (Å²) >= 11 is 20.7. The van der Waals surface area contributed by atoms with E-state index in [1.165, 1.54) is 18.3 Å². The van der Waals surface area contributed by atoms with Gasteiger partial charge in [0, 0.05) is 0 Å². The van der Waals surface area contributed by atoms with Crippen LogP contribution < -0.4 is 11.3 Å². The van der Waals surface area contributed by atoms with Gasteiger partial charge in [-0.25, -0.2) is 0 Å². The largest absolute Gasteiger partial charge is 0.396 e. The van der Waals surface area contributed by atoms with Gasteiger partial charge in [-0.05, 0) is 28.1 Å². The molecule has 1 aromatic carbocycles. The van der Waals surface area contributed by atoms with Crippen LogP contribution >= 0.6 is 50.7 Å². The number of benzene rings is 1. The lowest BCUT2D eigenvalue weighted by Gasteiger charge is -2.08. The second-order valence-electron chi connectivity index (χ2n) is 3.35. The maximum absolute atomic E-state index is 12.0. The first-order valence-corrected chi connectivity index (χ1v) is 6.52. The minimum absolute atomic E-state index is 0.222. The van der Waals surface area contributed by atoms with Crippen molar-refractivity contribution in [2.75, 3.05) is 5.73 Å². The van der Waals surface area contributed by atoms with Crippen LogP contribution in [-0.4, -0.2) is 9.78 Å². The zero-order valence-electron chi connectivity index (χ0n) is 8.62. The molecule has 18 heavy (non-hydrogen) atoms. The third-order valence-corrected chi connectivity index (χ3v) is 4.15. The van der Waals surface area contributed by atoms with Gasteiger partial charge in [0.1, 0.15) is 4.47 Å². The van der Waals surface area contributed by atoms with Gasteiger partial charge in [0.2, 0.25) is 0 Å². The molecule has 0 aliphatic rings. The van der Waals surface area contributed by atoms with Crippen LogP contribution in [0, 0.1) is 0 Å². The van der Waals surface area contributed by atoms with Crippen LogP contribution in [0.2, 0.25) is 15.1 Å². The standard InChI is InChI=1S/C10H5BrCl3N3O/c11-8-7(15)3-16-17(10(8)18)4-1-5(12)9(14)6(13)2-4/h1-3H,15H2. The molecule has 0 amide bonds. The highest BCUT2D eigenvalue weighted by Gasteiger charge is 2.11. The molecule has 0 aliphatic carbocycles. The number of rotatable bonds is 1. The third-order valence-electron chi connectivity index (χ3n) is 2.16. The highest BCUT2D eigenvalue weighted by atomic mass is 79.9. The van der Waals surface area contributed by atoms with Crippen LogP contribution in [0.15, 0.2) is 27.6 Å². The van der Waals surface area contributed by atoms with Crippen molar-refractivity contribution in [2.45, 2.75) is 0 Å². The fourth-order valence-electron chi connectivity index (χ4n) is 1.29. The molecule has 0 bridgehead atoms. The van der Waals surface area contributed by atoms with E-state index < -0.39 is 5.56 Å². The smallest absolute Gasteiger partial charge is 0.287 e. The number of hydrogen-bond acceptors (Lipinski definition) is 3. The molecule has 2 N–H and O–H groups in total. The van der Waals surface area contributed by atoms with E-state index in [4.69, 9.17) is 40.5 Å². The number of anilines is 1. The van der Waals surface area contributed by atoms with Gasteiger partial charge in [0.15, 0.2) is 0 Å². The lowest BCUT2D eigenvalue weighted by atomic mass is 10.3. The van der Waals surface area contributed by atoms with Gasteiger partial charge < -0.3 is 5.73 Å². The molecule has 2 aromatic rings. The number of nitrogens with two attached hydrogens (primary N) is 1. The van der Waals surface area contributed by atoms with Gasteiger partial charge >= 0.3 is 0 Å². The summed E-state index contributed by atoms with van der Waals surface area (Å²) in [4.78, 5) is 12.0. The van der Waals surface area contributed by atoms with Crippen molar-refractivity contribution in [1.29, 1.82) is 0 Å². The van der Waals surface area contributed by atoms with E-state index in [9.17, 15) is 4.79 Å². The van der Waals surface area contributed by atoms with Crippen molar-refractivity contribution < 1.29 is 0 Å². The van der Waals surface area contributed by atoms with Crippen molar-refractivity contribution in [1.82, 2.24) is 9.78 Å². The van der Waals surface area contributed by atoms with Crippen molar-refractivity contribution >= 4 is 56.4 Å². The van der Waals surface area contributed by atoms with Crippen LogP contribution in [0.4, 0.5) is 5.69 Å². The Balaban J connectivity index is 2.71. The number of aromatic nitrogens is 2. The molecular formula is C10H5BrCl3N3O. The molecule has 2 rings (SSSR count). The van der Waals surface area contributed by atoms with Crippen molar-refractivity contribution in [3.05, 3.63) is 48.2 Å². The molecule has 0 aliphatic heterocycles. The quantitative estimate of drug-likeness (QED) is 0.782. The average Bonchev–Trinajstić information content (AvgIpc) is 2.33. The Morgan fingerprint density at radius 3 is 2.33 bits per heavy atom. The Morgan fingerprint density at radius 2 is 1.78 bits per heavy atom. The van der Waals surface area contributed by atoms with E-state index in [1.54, 1.807) is 0 Å². The molecule has 4 nitrogen and oxygen atoms in total. The predicted octanol–water partition coefficient (Wildman–Crippen LogP) is 3.54.